The van der Waals surface area contributed by atoms with Gasteiger partial charge in [-0.1, -0.05) is 17.7 Å². The van der Waals surface area contributed by atoms with Crippen molar-refractivity contribution < 1.29 is 8.78 Å². The van der Waals surface area contributed by atoms with Crippen molar-refractivity contribution in [1.29, 1.82) is 0 Å². The number of rotatable bonds is 2. The minimum absolute atomic E-state index is 0.0107. The van der Waals surface area contributed by atoms with Gasteiger partial charge in [-0.25, -0.2) is 8.78 Å². The minimum Gasteiger partial charge on any atom is -0.332 e. The molecule has 0 aliphatic heterocycles. The van der Waals surface area contributed by atoms with Crippen LogP contribution in [-0.2, 0) is 0 Å². The summed E-state index contributed by atoms with van der Waals surface area (Å²) in [6.45, 7) is 3.84. The molecular formula is C18H13BrClF2NO. The van der Waals surface area contributed by atoms with Crippen molar-refractivity contribution >= 4 is 38.4 Å². The van der Waals surface area contributed by atoms with Crippen molar-refractivity contribution in [3.05, 3.63) is 67.9 Å². The number of benzene rings is 2. The number of halogens is 4. The maximum Gasteiger partial charge on any atom is 0.198 e. The number of fused-ring (bicyclic) bond motifs is 1. The van der Waals surface area contributed by atoms with Crippen molar-refractivity contribution in [3.63, 3.8) is 0 Å². The Morgan fingerprint density at radius 1 is 1.12 bits per heavy atom. The van der Waals surface area contributed by atoms with E-state index in [0.29, 0.717) is 10.1 Å². The standard InChI is InChI=1S/C18H13BrClF2NO/c1-9(2)23-14-7-6-10(21)8-11(14)17(24)16(18(23)19)15-12(20)4-3-5-13(15)22/h3-9H,1-2H3. The Bertz CT molecular complexity index is 994. The lowest BCUT2D eigenvalue weighted by Crippen LogP contribution is -2.16. The summed E-state index contributed by atoms with van der Waals surface area (Å²) in [5.41, 5.74) is 0.196. The molecule has 0 atom stereocenters. The highest BCUT2D eigenvalue weighted by atomic mass is 79.9. The smallest absolute Gasteiger partial charge is 0.198 e. The zero-order valence-electron chi connectivity index (χ0n) is 12.9. The normalized spacial score (nSPS) is 11.5. The van der Waals surface area contributed by atoms with Crippen LogP contribution in [-0.4, -0.2) is 4.57 Å². The predicted molar refractivity (Wildman–Crippen MR) is 96.7 cm³/mol. The molecule has 124 valence electrons. The Labute approximate surface area is 150 Å². The monoisotopic (exact) mass is 411 g/mol. The molecule has 1 aromatic heterocycles. The molecule has 0 unspecified atom stereocenters. The molecule has 0 saturated carbocycles. The summed E-state index contributed by atoms with van der Waals surface area (Å²) in [5.74, 6) is -1.13. The maximum absolute atomic E-state index is 14.4. The van der Waals surface area contributed by atoms with Crippen molar-refractivity contribution in [3.8, 4) is 11.1 Å². The van der Waals surface area contributed by atoms with Gasteiger partial charge in [0.2, 0.25) is 0 Å². The van der Waals surface area contributed by atoms with E-state index in [1.807, 2.05) is 18.4 Å². The van der Waals surface area contributed by atoms with Crippen LogP contribution in [0.1, 0.15) is 19.9 Å². The van der Waals surface area contributed by atoms with Crippen LogP contribution in [0.25, 0.3) is 22.0 Å². The van der Waals surface area contributed by atoms with Crippen molar-refractivity contribution in [1.82, 2.24) is 4.57 Å². The van der Waals surface area contributed by atoms with Gasteiger partial charge in [-0.3, -0.25) is 4.79 Å². The minimum atomic E-state index is -0.605. The van der Waals surface area contributed by atoms with Crippen LogP contribution in [0.3, 0.4) is 0 Å². The van der Waals surface area contributed by atoms with Crippen molar-refractivity contribution in [2.45, 2.75) is 19.9 Å². The van der Waals surface area contributed by atoms with Gasteiger partial charge in [-0.2, -0.15) is 0 Å². The Balaban J connectivity index is 2.56. The molecule has 3 rings (SSSR count). The van der Waals surface area contributed by atoms with Crippen LogP contribution >= 0.6 is 27.5 Å². The van der Waals surface area contributed by atoms with E-state index in [1.165, 1.54) is 30.3 Å². The number of pyridine rings is 1. The lowest BCUT2D eigenvalue weighted by Gasteiger charge is -2.21. The molecule has 0 N–H and O–H groups in total. The van der Waals surface area contributed by atoms with Gasteiger partial charge in [0, 0.05) is 17.0 Å². The fourth-order valence-electron chi connectivity index (χ4n) is 2.81. The summed E-state index contributed by atoms with van der Waals surface area (Å²) in [4.78, 5) is 12.9. The van der Waals surface area contributed by atoms with Crippen molar-refractivity contribution in [2.75, 3.05) is 0 Å². The molecule has 0 aliphatic rings. The third kappa shape index (κ3) is 2.66. The van der Waals surface area contributed by atoms with Gasteiger partial charge in [-0.15, -0.1) is 0 Å². The maximum atomic E-state index is 14.4. The third-order valence-corrected chi connectivity index (χ3v) is 4.93. The lowest BCUT2D eigenvalue weighted by molar-refractivity contribution is 0.602. The van der Waals surface area contributed by atoms with E-state index in [4.69, 9.17) is 11.6 Å². The number of hydrogen-bond donors (Lipinski definition) is 0. The molecule has 0 saturated heterocycles. The predicted octanol–water partition coefficient (Wildman–Crippen LogP) is 5.94. The Kier molecular flexibility index (Phi) is 4.49. The van der Waals surface area contributed by atoms with E-state index < -0.39 is 17.1 Å². The zero-order chi connectivity index (χ0) is 17.6. The quantitative estimate of drug-likeness (QED) is 0.477. The molecule has 0 fully saturated rings. The highest BCUT2D eigenvalue weighted by Gasteiger charge is 2.22. The van der Waals surface area contributed by atoms with Crippen LogP contribution in [0.15, 0.2) is 45.8 Å². The Hall–Kier alpha value is -1.72. The second-order valence-electron chi connectivity index (χ2n) is 5.72. The summed E-state index contributed by atoms with van der Waals surface area (Å²) in [6, 6.07) is 8.19. The molecule has 0 spiro atoms. The summed E-state index contributed by atoms with van der Waals surface area (Å²) in [5, 5.41) is 0.306. The van der Waals surface area contributed by atoms with Crippen LogP contribution in [0, 0.1) is 11.6 Å². The zero-order valence-corrected chi connectivity index (χ0v) is 15.3. The average Bonchev–Trinajstić information content (AvgIpc) is 2.50. The van der Waals surface area contributed by atoms with Gasteiger partial charge in [0.1, 0.15) is 11.6 Å². The fraction of sp³-hybridized carbons (Fsp3) is 0.167. The Morgan fingerprint density at radius 2 is 1.83 bits per heavy atom. The first-order valence-electron chi connectivity index (χ1n) is 7.30. The fourth-order valence-corrected chi connectivity index (χ4v) is 4.05. The molecule has 0 radical (unpaired) electrons. The average molecular weight is 413 g/mol. The van der Waals surface area contributed by atoms with E-state index in [9.17, 15) is 13.6 Å². The summed E-state index contributed by atoms with van der Waals surface area (Å²) < 4.78 is 30.3. The second-order valence-corrected chi connectivity index (χ2v) is 6.88. The molecule has 3 aromatic rings. The molecule has 2 aromatic carbocycles. The van der Waals surface area contributed by atoms with Gasteiger partial charge in [0.05, 0.1) is 20.7 Å². The first-order valence-corrected chi connectivity index (χ1v) is 8.47. The summed E-state index contributed by atoms with van der Waals surface area (Å²) in [6.07, 6.45) is 0. The van der Waals surface area contributed by atoms with Gasteiger partial charge in [-0.05, 0) is 60.1 Å². The summed E-state index contributed by atoms with van der Waals surface area (Å²) >= 11 is 9.56. The van der Waals surface area contributed by atoms with E-state index in [0.717, 1.165) is 0 Å². The molecular weight excluding hydrogens is 400 g/mol. The molecule has 0 bridgehead atoms. The second kappa shape index (κ2) is 6.30. The molecule has 2 nitrogen and oxygen atoms in total. The molecule has 0 amide bonds. The molecule has 1 heterocycles. The van der Waals surface area contributed by atoms with Crippen molar-refractivity contribution in [2.24, 2.45) is 0 Å². The molecule has 0 aliphatic carbocycles. The van der Waals surface area contributed by atoms with Gasteiger partial charge < -0.3 is 4.57 Å². The number of aromatic nitrogens is 1. The molecule has 24 heavy (non-hydrogen) atoms. The SMILES string of the molecule is CC(C)n1c(Br)c(-c2c(F)cccc2Cl)c(=O)c2cc(F)ccc21. The van der Waals surface area contributed by atoms with E-state index in [2.05, 4.69) is 15.9 Å². The molecule has 6 heteroatoms. The van der Waals surface area contributed by atoms with E-state index >= 15 is 0 Å². The van der Waals surface area contributed by atoms with Crippen LogP contribution in [0.2, 0.25) is 5.02 Å². The van der Waals surface area contributed by atoms with Crippen LogP contribution in [0.4, 0.5) is 8.78 Å². The van der Waals surface area contributed by atoms with E-state index in [-0.39, 0.29) is 27.6 Å². The third-order valence-electron chi connectivity index (χ3n) is 3.84. The van der Waals surface area contributed by atoms with Crippen LogP contribution in [0.5, 0.6) is 0 Å². The lowest BCUT2D eigenvalue weighted by atomic mass is 10.0. The van der Waals surface area contributed by atoms with Gasteiger partial charge >= 0.3 is 0 Å². The van der Waals surface area contributed by atoms with Crippen LogP contribution < -0.4 is 5.43 Å². The highest BCUT2D eigenvalue weighted by molar-refractivity contribution is 9.10. The number of nitrogens with zero attached hydrogens (tertiary/aromatic N) is 1. The Morgan fingerprint density at radius 3 is 2.46 bits per heavy atom. The summed E-state index contributed by atoms with van der Waals surface area (Å²) in [7, 11) is 0. The first kappa shape index (κ1) is 17.1. The van der Waals surface area contributed by atoms with E-state index in [1.54, 1.807) is 6.07 Å². The number of hydrogen-bond acceptors (Lipinski definition) is 1. The first-order chi connectivity index (χ1) is 11.3. The van der Waals surface area contributed by atoms with Gasteiger partial charge in [0.25, 0.3) is 0 Å². The van der Waals surface area contributed by atoms with Gasteiger partial charge in [0.15, 0.2) is 5.43 Å². The topological polar surface area (TPSA) is 22.0 Å². The highest BCUT2D eigenvalue weighted by Crippen LogP contribution is 2.36. The largest absolute Gasteiger partial charge is 0.332 e.